The summed E-state index contributed by atoms with van der Waals surface area (Å²) in [6.07, 6.45) is 3.17. The van der Waals surface area contributed by atoms with E-state index in [9.17, 15) is 4.79 Å². The van der Waals surface area contributed by atoms with Crippen molar-refractivity contribution in [1.82, 2.24) is 10.2 Å². The molecule has 0 radical (unpaired) electrons. The first-order valence-electron chi connectivity index (χ1n) is 8.82. The van der Waals surface area contributed by atoms with Crippen molar-refractivity contribution >= 4 is 33.3 Å². The molecule has 0 saturated carbocycles. The molecule has 0 bridgehead atoms. The van der Waals surface area contributed by atoms with Crippen LogP contribution in [0.1, 0.15) is 5.56 Å². The molecule has 0 spiro atoms. The van der Waals surface area contributed by atoms with Crippen molar-refractivity contribution < 1.29 is 13.6 Å². The van der Waals surface area contributed by atoms with Gasteiger partial charge in [0.25, 0.3) is 0 Å². The first kappa shape index (κ1) is 16.3. The third kappa shape index (κ3) is 2.91. The normalized spacial score (nSPS) is 11.1. The zero-order valence-electron chi connectivity index (χ0n) is 14.8. The Balaban J connectivity index is 1.38. The molecule has 0 fully saturated rings. The van der Waals surface area contributed by atoms with E-state index in [1.807, 2.05) is 42.5 Å². The molecule has 136 valence electrons. The number of carbonyl (C=O) groups excluding carboxylic acids is 1. The Labute approximate surface area is 159 Å². The van der Waals surface area contributed by atoms with Crippen molar-refractivity contribution in [2.75, 3.05) is 5.32 Å². The van der Waals surface area contributed by atoms with Crippen molar-refractivity contribution in [2.45, 2.75) is 6.42 Å². The first-order valence-corrected chi connectivity index (χ1v) is 8.82. The summed E-state index contributed by atoms with van der Waals surface area (Å²) in [4.78, 5) is 12.6. The number of carbonyl (C=O) groups is 1. The van der Waals surface area contributed by atoms with E-state index in [2.05, 4.69) is 21.6 Å². The number of hydrogen-bond donors (Lipinski definition) is 1. The number of rotatable bonds is 4. The number of furan rings is 1. The van der Waals surface area contributed by atoms with E-state index in [1.54, 1.807) is 18.4 Å². The number of hydrogen-bond acceptors (Lipinski definition) is 5. The summed E-state index contributed by atoms with van der Waals surface area (Å²) in [5.74, 6) is 0.329. The fourth-order valence-electron chi connectivity index (χ4n) is 3.38. The number of amides is 1. The summed E-state index contributed by atoms with van der Waals surface area (Å²) in [5.41, 5.74) is 3.14. The van der Waals surface area contributed by atoms with E-state index in [0.717, 1.165) is 32.9 Å². The summed E-state index contributed by atoms with van der Waals surface area (Å²) >= 11 is 0. The van der Waals surface area contributed by atoms with Gasteiger partial charge in [0.15, 0.2) is 0 Å². The van der Waals surface area contributed by atoms with Gasteiger partial charge in [-0.05, 0) is 41.1 Å². The number of nitrogens with one attached hydrogen (secondary N) is 1. The molecule has 2 aromatic heterocycles. The molecular formula is C22H15N3O3. The number of nitrogens with zero attached hydrogens (tertiary/aromatic N) is 2. The van der Waals surface area contributed by atoms with Crippen LogP contribution in [0.15, 0.2) is 82.2 Å². The minimum atomic E-state index is -0.110. The molecule has 6 heteroatoms. The number of fused-ring (bicyclic) bond motifs is 3. The molecule has 0 unspecified atom stereocenters. The minimum absolute atomic E-state index is 0.110. The summed E-state index contributed by atoms with van der Waals surface area (Å²) in [7, 11) is 0. The van der Waals surface area contributed by atoms with Crippen molar-refractivity contribution in [3.05, 3.63) is 78.9 Å². The lowest BCUT2D eigenvalue weighted by Gasteiger charge is -2.06. The second kappa shape index (κ2) is 6.66. The van der Waals surface area contributed by atoms with E-state index in [4.69, 9.17) is 8.83 Å². The monoisotopic (exact) mass is 369 g/mol. The Morgan fingerprint density at radius 1 is 0.964 bits per heavy atom. The van der Waals surface area contributed by atoms with Gasteiger partial charge >= 0.3 is 0 Å². The lowest BCUT2D eigenvalue weighted by molar-refractivity contribution is -0.115. The summed E-state index contributed by atoms with van der Waals surface area (Å²) in [5, 5.41) is 13.6. The number of benzene rings is 3. The molecule has 6 nitrogen and oxygen atoms in total. The molecule has 0 atom stereocenters. The standard InChI is InChI=1S/C22H15N3O3/c26-20(24-17-8-5-15(6-9-17)22-25-23-13-28-22)11-16-12-27-19-10-7-14-3-1-2-4-18(14)21(16)19/h1-10,12-13H,11H2,(H,24,26). The molecule has 5 rings (SSSR count). The lowest BCUT2D eigenvalue weighted by atomic mass is 10.0. The van der Waals surface area contributed by atoms with Gasteiger partial charge in [-0.3, -0.25) is 4.79 Å². The molecule has 28 heavy (non-hydrogen) atoms. The van der Waals surface area contributed by atoms with Gasteiger partial charge in [0.2, 0.25) is 18.2 Å². The fraction of sp³-hybridized carbons (Fsp3) is 0.0455. The number of aromatic nitrogens is 2. The Hall–Kier alpha value is -3.93. The van der Waals surface area contributed by atoms with E-state index in [1.165, 1.54) is 6.39 Å². The number of anilines is 1. The predicted octanol–water partition coefficient (Wildman–Crippen LogP) is 4.82. The smallest absolute Gasteiger partial charge is 0.247 e. The first-order chi connectivity index (χ1) is 13.8. The molecule has 1 N–H and O–H groups in total. The van der Waals surface area contributed by atoms with Crippen LogP contribution in [0.25, 0.3) is 33.2 Å². The zero-order chi connectivity index (χ0) is 18.9. The molecule has 0 saturated heterocycles. The van der Waals surface area contributed by atoms with Gasteiger partial charge in [-0.25, -0.2) is 0 Å². The van der Waals surface area contributed by atoms with Gasteiger partial charge in [0, 0.05) is 22.2 Å². The summed E-state index contributed by atoms with van der Waals surface area (Å²) < 4.78 is 10.8. The second-order valence-corrected chi connectivity index (χ2v) is 6.47. The average Bonchev–Trinajstić information content (AvgIpc) is 3.39. The van der Waals surface area contributed by atoms with Crippen molar-refractivity contribution in [3.63, 3.8) is 0 Å². The van der Waals surface area contributed by atoms with Crippen molar-refractivity contribution in [1.29, 1.82) is 0 Å². The highest BCUT2D eigenvalue weighted by atomic mass is 16.4. The molecule has 2 heterocycles. The van der Waals surface area contributed by atoms with Gasteiger partial charge in [0.05, 0.1) is 12.7 Å². The van der Waals surface area contributed by atoms with Gasteiger partial charge < -0.3 is 14.2 Å². The van der Waals surface area contributed by atoms with Crippen LogP contribution in [0.5, 0.6) is 0 Å². The van der Waals surface area contributed by atoms with E-state index >= 15 is 0 Å². The molecule has 3 aromatic carbocycles. The van der Waals surface area contributed by atoms with Crippen LogP contribution in [0.3, 0.4) is 0 Å². The SMILES string of the molecule is O=C(Cc1coc2ccc3ccccc3c12)Nc1ccc(-c2nnco2)cc1. The molecule has 5 aromatic rings. The van der Waals surface area contributed by atoms with Gasteiger partial charge in [-0.2, -0.15) is 0 Å². The van der Waals surface area contributed by atoms with Crippen LogP contribution in [0, 0.1) is 0 Å². The minimum Gasteiger partial charge on any atom is -0.464 e. The maximum absolute atomic E-state index is 12.6. The topological polar surface area (TPSA) is 81.2 Å². The fourth-order valence-corrected chi connectivity index (χ4v) is 3.38. The third-order valence-electron chi connectivity index (χ3n) is 4.67. The highest BCUT2D eigenvalue weighted by Gasteiger charge is 2.13. The second-order valence-electron chi connectivity index (χ2n) is 6.47. The molecule has 0 aliphatic carbocycles. The average molecular weight is 369 g/mol. The molecule has 1 amide bonds. The van der Waals surface area contributed by atoms with E-state index in [-0.39, 0.29) is 12.3 Å². The van der Waals surface area contributed by atoms with E-state index < -0.39 is 0 Å². The maximum Gasteiger partial charge on any atom is 0.247 e. The van der Waals surface area contributed by atoms with Gasteiger partial charge in [0.1, 0.15) is 5.58 Å². The highest BCUT2D eigenvalue weighted by Crippen LogP contribution is 2.30. The predicted molar refractivity (Wildman–Crippen MR) is 106 cm³/mol. The summed E-state index contributed by atoms with van der Waals surface area (Å²) in [6, 6.07) is 19.3. The largest absolute Gasteiger partial charge is 0.464 e. The van der Waals surface area contributed by atoms with Gasteiger partial charge in [-0.1, -0.05) is 30.3 Å². The van der Waals surface area contributed by atoms with Crippen molar-refractivity contribution in [3.8, 4) is 11.5 Å². The van der Waals surface area contributed by atoms with Crippen LogP contribution in [-0.4, -0.2) is 16.1 Å². The Kier molecular flexibility index (Phi) is 3.87. The van der Waals surface area contributed by atoms with Gasteiger partial charge in [-0.15, -0.1) is 10.2 Å². The quantitative estimate of drug-likeness (QED) is 0.491. The van der Waals surface area contributed by atoms with Crippen LogP contribution < -0.4 is 5.32 Å². The Morgan fingerprint density at radius 2 is 1.82 bits per heavy atom. The molecule has 0 aliphatic rings. The Bertz CT molecular complexity index is 1270. The van der Waals surface area contributed by atoms with E-state index in [0.29, 0.717) is 11.6 Å². The molecule has 0 aliphatic heterocycles. The summed E-state index contributed by atoms with van der Waals surface area (Å²) in [6.45, 7) is 0. The van der Waals surface area contributed by atoms with Crippen LogP contribution in [0.4, 0.5) is 5.69 Å². The van der Waals surface area contributed by atoms with Crippen LogP contribution in [0.2, 0.25) is 0 Å². The lowest BCUT2D eigenvalue weighted by Crippen LogP contribution is -2.14. The Morgan fingerprint density at radius 3 is 2.64 bits per heavy atom. The van der Waals surface area contributed by atoms with Crippen LogP contribution >= 0.6 is 0 Å². The highest BCUT2D eigenvalue weighted by molar-refractivity contribution is 6.09. The molecular weight excluding hydrogens is 354 g/mol. The van der Waals surface area contributed by atoms with Crippen molar-refractivity contribution in [2.24, 2.45) is 0 Å². The maximum atomic E-state index is 12.6. The zero-order valence-corrected chi connectivity index (χ0v) is 14.8. The third-order valence-corrected chi connectivity index (χ3v) is 4.67. The van der Waals surface area contributed by atoms with Crippen LogP contribution in [-0.2, 0) is 11.2 Å².